The van der Waals surface area contributed by atoms with E-state index < -0.39 is 23.0 Å². The molecule has 1 fully saturated rings. The number of carbonyl (C=O) groups excluding carboxylic acids is 1. The molecule has 0 saturated carbocycles. The summed E-state index contributed by atoms with van der Waals surface area (Å²) in [4.78, 5) is 19.7. The van der Waals surface area contributed by atoms with Gasteiger partial charge in [-0.25, -0.2) is 4.39 Å². The minimum absolute atomic E-state index is 0.101. The first-order chi connectivity index (χ1) is 17.2. The fraction of sp³-hybridized carbons (Fsp3) is 0.385. The zero-order valence-electron chi connectivity index (χ0n) is 20.2. The Morgan fingerprint density at radius 3 is 2.42 bits per heavy atom. The number of likely N-dealkylation sites (N-methyl/N-ethyl adjacent to an activating group) is 1. The molecule has 1 saturated heterocycles. The average molecular weight is 504 g/mol. The Kier molecular flexibility index (Phi) is 7.35. The van der Waals surface area contributed by atoms with Crippen molar-refractivity contribution >= 4 is 11.6 Å². The van der Waals surface area contributed by atoms with Crippen molar-refractivity contribution < 1.29 is 22.4 Å². The van der Waals surface area contributed by atoms with Crippen molar-refractivity contribution in [1.29, 1.82) is 0 Å². The monoisotopic (exact) mass is 503 g/mol. The first-order valence-electron chi connectivity index (χ1n) is 11.8. The van der Waals surface area contributed by atoms with Gasteiger partial charge in [-0.2, -0.15) is 13.2 Å². The van der Waals surface area contributed by atoms with Crippen LogP contribution in [0.3, 0.4) is 0 Å². The average Bonchev–Trinajstić information content (AvgIpc) is 3.29. The number of carbonyl (C=O) groups is 1. The highest BCUT2D eigenvalue weighted by Crippen LogP contribution is 2.39. The quantitative estimate of drug-likeness (QED) is 0.376. The number of hydrogen-bond acceptors (Lipinski definition) is 4. The Labute approximate surface area is 207 Å². The smallest absolute Gasteiger partial charge is 0.369 e. The van der Waals surface area contributed by atoms with Gasteiger partial charge in [-0.3, -0.25) is 9.78 Å². The molecule has 2 N–H and O–H groups in total. The van der Waals surface area contributed by atoms with Crippen LogP contribution in [0.25, 0.3) is 11.4 Å². The molecule has 6 nitrogen and oxygen atoms in total. The fourth-order valence-corrected chi connectivity index (χ4v) is 4.74. The van der Waals surface area contributed by atoms with E-state index in [9.17, 15) is 22.4 Å². The van der Waals surface area contributed by atoms with Crippen LogP contribution in [0.1, 0.15) is 24.0 Å². The minimum Gasteiger partial charge on any atom is -0.369 e. The Balaban J connectivity index is 1.59. The van der Waals surface area contributed by atoms with Gasteiger partial charge in [0, 0.05) is 45.6 Å². The zero-order valence-corrected chi connectivity index (χ0v) is 20.2. The lowest BCUT2D eigenvalue weighted by Gasteiger charge is -2.42. The number of halogens is 4. The van der Waals surface area contributed by atoms with Crippen LogP contribution in [0.2, 0.25) is 0 Å². The third-order valence-electron chi connectivity index (χ3n) is 6.85. The van der Waals surface area contributed by atoms with Gasteiger partial charge in [0.1, 0.15) is 5.82 Å². The summed E-state index contributed by atoms with van der Waals surface area (Å²) in [5, 5.41) is 5.98. The normalized spacial score (nSPS) is 15.7. The fourth-order valence-electron chi connectivity index (χ4n) is 4.74. The molecule has 192 valence electrons. The van der Waals surface area contributed by atoms with Crippen LogP contribution in [-0.2, 0) is 23.4 Å². The van der Waals surface area contributed by atoms with Crippen LogP contribution in [-0.4, -0.2) is 48.7 Å². The van der Waals surface area contributed by atoms with Gasteiger partial charge in [0.2, 0.25) is 5.91 Å². The second-order valence-corrected chi connectivity index (χ2v) is 9.03. The van der Waals surface area contributed by atoms with Crippen LogP contribution in [0.4, 0.5) is 23.2 Å². The maximum atomic E-state index is 14.6. The highest BCUT2D eigenvalue weighted by molar-refractivity contribution is 5.88. The minimum atomic E-state index is -4.61. The van der Waals surface area contributed by atoms with E-state index in [-0.39, 0.29) is 11.6 Å². The van der Waals surface area contributed by atoms with Crippen LogP contribution in [0.15, 0.2) is 54.9 Å². The lowest BCUT2D eigenvalue weighted by molar-refractivity contribution is -0.137. The number of amides is 1. The molecule has 1 aliphatic heterocycles. The van der Waals surface area contributed by atoms with Gasteiger partial charge in [-0.15, -0.1) is 0 Å². The standard InChI is InChI=1S/C26H29F4N5O/c1-31-11-12-32-24(36)25(19-5-7-21(33-17-19)23-4-3-13-34(23)2)9-14-35(15-10-25)22-8-6-18(16-20(22)27)26(28,29)30/h3-8,13,16-17,31H,9-12,14-15H2,1-2H3,(H,32,36). The number of rotatable bonds is 7. The van der Waals surface area contributed by atoms with Crippen molar-refractivity contribution in [1.82, 2.24) is 20.2 Å². The third kappa shape index (κ3) is 5.09. The Hall–Kier alpha value is -3.40. The van der Waals surface area contributed by atoms with Crippen molar-refractivity contribution in [2.45, 2.75) is 24.4 Å². The Morgan fingerprint density at radius 2 is 1.86 bits per heavy atom. The van der Waals surface area contributed by atoms with E-state index in [1.807, 2.05) is 42.1 Å². The van der Waals surface area contributed by atoms with E-state index in [0.717, 1.165) is 29.1 Å². The molecule has 0 aliphatic carbocycles. The molecule has 0 spiro atoms. The third-order valence-corrected chi connectivity index (χ3v) is 6.85. The molecule has 1 aromatic carbocycles. The van der Waals surface area contributed by atoms with Gasteiger partial charge in [-0.1, -0.05) is 6.07 Å². The van der Waals surface area contributed by atoms with Crippen LogP contribution < -0.4 is 15.5 Å². The van der Waals surface area contributed by atoms with Crippen molar-refractivity contribution in [3.05, 3.63) is 71.8 Å². The number of benzene rings is 1. The summed E-state index contributed by atoms with van der Waals surface area (Å²) < 4.78 is 55.4. The summed E-state index contributed by atoms with van der Waals surface area (Å²) in [6, 6.07) is 10.2. The maximum Gasteiger partial charge on any atom is 0.416 e. The van der Waals surface area contributed by atoms with E-state index >= 15 is 0 Å². The van der Waals surface area contributed by atoms with E-state index in [0.29, 0.717) is 45.1 Å². The molecule has 2 aromatic heterocycles. The van der Waals surface area contributed by atoms with Gasteiger partial charge in [0.25, 0.3) is 0 Å². The number of alkyl halides is 3. The highest BCUT2D eigenvalue weighted by atomic mass is 19.4. The van der Waals surface area contributed by atoms with Crippen molar-refractivity contribution in [3.63, 3.8) is 0 Å². The summed E-state index contributed by atoms with van der Waals surface area (Å²) >= 11 is 0. The molecule has 0 unspecified atom stereocenters. The SMILES string of the molecule is CNCCNC(=O)C1(c2ccc(-c3cccn3C)nc2)CCN(c2ccc(C(F)(F)F)cc2F)CC1. The summed E-state index contributed by atoms with van der Waals surface area (Å²) in [6.07, 6.45) is -0.236. The topological polar surface area (TPSA) is 62.2 Å². The molecular formula is C26H29F4N5O. The summed E-state index contributed by atoms with van der Waals surface area (Å²) in [5.74, 6) is -1.07. The van der Waals surface area contributed by atoms with Gasteiger partial charge < -0.3 is 20.1 Å². The molecule has 3 aromatic rings. The highest BCUT2D eigenvalue weighted by Gasteiger charge is 2.43. The van der Waals surface area contributed by atoms with Crippen LogP contribution in [0, 0.1) is 5.82 Å². The predicted molar refractivity (Wildman–Crippen MR) is 130 cm³/mol. The zero-order chi connectivity index (χ0) is 25.9. The molecule has 0 radical (unpaired) electrons. The first-order valence-corrected chi connectivity index (χ1v) is 11.8. The lowest BCUT2D eigenvalue weighted by Crippen LogP contribution is -2.52. The number of aryl methyl sites for hydroxylation is 1. The number of anilines is 1. The molecule has 1 aliphatic rings. The summed E-state index contributed by atoms with van der Waals surface area (Å²) in [5.41, 5.74) is 0.678. The number of nitrogens with one attached hydrogen (secondary N) is 2. The molecule has 0 bridgehead atoms. The van der Waals surface area contributed by atoms with Gasteiger partial charge in [0.15, 0.2) is 0 Å². The number of nitrogens with zero attached hydrogens (tertiary/aromatic N) is 3. The molecule has 3 heterocycles. The predicted octanol–water partition coefficient (Wildman–Crippen LogP) is 4.12. The van der Waals surface area contributed by atoms with Gasteiger partial charge >= 0.3 is 6.18 Å². The largest absolute Gasteiger partial charge is 0.416 e. The van der Waals surface area contributed by atoms with E-state index in [1.54, 1.807) is 18.1 Å². The number of piperidine rings is 1. The van der Waals surface area contributed by atoms with E-state index in [1.165, 1.54) is 0 Å². The molecular weight excluding hydrogens is 474 g/mol. The van der Waals surface area contributed by atoms with Crippen LogP contribution >= 0.6 is 0 Å². The number of aromatic nitrogens is 2. The van der Waals surface area contributed by atoms with Crippen molar-refractivity contribution in [2.24, 2.45) is 7.05 Å². The number of hydrogen-bond donors (Lipinski definition) is 2. The van der Waals surface area contributed by atoms with Gasteiger partial charge in [-0.05, 0) is 61.9 Å². The molecule has 4 rings (SSSR count). The first kappa shape index (κ1) is 25.7. The van der Waals surface area contributed by atoms with Crippen LogP contribution in [0.5, 0.6) is 0 Å². The van der Waals surface area contributed by atoms with Gasteiger partial charge in [0.05, 0.1) is 28.1 Å². The summed E-state index contributed by atoms with van der Waals surface area (Å²) in [6.45, 7) is 1.67. The van der Waals surface area contributed by atoms with E-state index in [4.69, 9.17) is 0 Å². The molecule has 1 amide bonds. The lowest BCUT2D eigenvalue weighted by atomic mass is 9.72. The maximum absolute atomic E-state index is 14.6. The molecule has 10 heteroatoms. The molecule has 36 heavy (non-hydrogen) atoms. The Morgan fingerprint density at radius 1 is 1.11 bits per heavy atom. The molecule has 0 atom stereocenters. The van der Waals surface area contributed by atoms with Crippen molar-refractivity contribution in [3.8, 4) is 11.4 Å². The second-order valence-electron chi connectivity index (χ2n) is 9.03. The second kappa shape index (κ2) is 10.3. The van der Waals surface area contributed by atoms with Crippen molar-refractivity contribution in [2.75, 3.05) is 38.1 Å². The Bertz CT molecular complexity index is 1200. The number of pyridine rings is 1. The summed E-state index contributed by atoms with van der Waals surface area (Å²) in [7, 11) is 3.73. The van der Waals surface area contributed by atoms with E-state index in [2.05, 4.69) is 15.6 Å².